The number of alkyl halides is 2. The summed E-state index contributed by atoms with van der Waals surface area (Å²) >= 11 is 0. The Bertz CT molecular complexity index is 811. The highest BCUT2D eigenvalue weighted by atomic mass is 19.3. The number of fused-ring (bicyclic) bond motifs is 1. The van der Waals surface area contributed by atoms with Crippen LogP contribution in [-0.2, 0) is 14.4 Å². The van der Waals surface area contributed by atoms with Gasteiger partial charge in [0, 0.05) is 0 Å². The van der Waals surface area contributed by atoms with Crippen LogP contribution in [0, 0.1) is 0 Å². The SMILES string of the molecule is CC(C)(C)OC(=O)[C@@]1(CON2C(=O)c3ccccc3C2=O)CC(F)(F)C=N1. The molecular weight excluding hydrogens is 362 g/mol. The summed E-state index contributed by atoms with van der Waals surface area (Å²) in [6, 6.07) is 6.06. The smallest absolute Gasteiger partial charge is 0.337 e. The molecule has 2 aliphatic heterocycles. The Labute approximate surface area is 153 Å². The topological polar surface area (TPSA) is 85.3 Å². The van der Waals surface area contributed by atoms with Crippen molar-refractivity contribution in [3.8, 4) is 0 Å². The van der Waals surface area contributed by atoms with Crippen molar-refractivity contribution < 1.29 is 32.7 Å². The van der Waals surface area contributed by atoms with Gasteiger partial charge in [0.25, 0.3) is 17.7 Å². The summed E-state index contributed by atoms with van der Waals surface area (Å²) in [5.41, 5.74) is -2.72. The first kappa shape index (κ1) is 19.1. The van der Waals surface area contributed by atoms with Crippen LogP contribution in [0.3, 0.4) is 0 Å². The molecule has 0 aromatic heterocycles. The zero-order valence-electron chi connectivity index (χ0n) is 15.0. The van der Waals surface area contributed by atoms with Gasteiger partial charge in [0.2, 0.25) is 0 Å². The summed E-state index contributed by atoms with van der Waals surface area (Å²) in [7, 11) is 0. The van der Waals surface area contributed by atoms with Crippen molar-refractivity contribution in [2.45, 2.75) is 44.3 Å². The maximum absolute atomic E-state index is 13.7. The standard InChI is InChI=1S/C18H18F2N2O5/c1-16(2,3)27-15(25)17(8-18(19,20)9-21-17)10-26-22-13(23)11-6-4-5-7-12(11)14(22)24/h4-7,9H,8,10H2,1-3H3/t17-/m0/s1. The van der Waals surface area contributed by atoms with Gasteiger partial charge in [-0.25, -0.2) is 13.6 Å². The third kappa shape index (κ3) is 3.59. The second kappa shape index (κ2) is 6.19. The number of carbonyl (C=O) groups excluding carboxylic acids is 3. The van der Waals surface area contributed by atoms with Crippen molar-refractivity contribution in [2.75, 3.05) is 6.61 Å². The molecule has 0 saturated heterocycles. The van der Waals surface area contributed by atoms with Crippen LogP contribution in [0.25, 0.3) is 0 Å². The van der Waals surface area contributed by atoms with E-state index in [0.717, 1.165) is 0 Å². The lowest BCUT2D eigenvalue weighted by Gasteiger charge is -2.30. The molecule has 0 unspecified atom stereocenters. The summed E-state index contributed by atoms with van der Waals surface area (Å²) in [6.45, 7) is 4.01. The number of hydrogen-bond donors (Lipinski definition) is 0. The van der Waals surface area contributed by atoms with Gasteiger partial charge < -0.3 is 4.74 Å². The molecule has 2 aliphatic rings. The van der Waals surface area contributed by atoms with E-state index in [4.69, 9.17) is 9.57 Å². The van der Waals surface area contributed by atoms with Gasteiger partial charge in [-0.3, -0.25) is 19.4 Å². The van der Waals surface area contributed by atoms with Crippen molar-refractivity contribution in [3.63, 3.8) is 0 Å². The Morgan fingerprint density at radius 3 is 2.19 bits per heavy atom. The molecule has 0 fully saturated rings. The second-order valence-electron chi connectivity index (χ2n) is 7.45. The van der Waals surface area contributed by atoms with E-state index >= 15 is 0 Å². The second-order valence-corrected chi connectivity index (χ2v) is 7.45. The fourth-order valence-electron chi connectivity index (χ4n) is 2.80. The number of aliphatic imine (C=N–C) groups is 1. The Hall–Kier alpha value is -2.68. The van der Waals surface area contributed by atoms with E-state index in [9.17, 15) is 23.2 Å². The lowest BCUT2D eigenvalue weighted by atomic mass is 9.96. The molecule has 9 heteroatoms. The van der Waals surface area contributed by atoms with Gasteiger partial charge in [-0.05, 0) is 32.9 Å². The molecule has 1 atom stereocenters. The minimum absolute atomic E-state index is 0.133. The predicted molar refractivity (Wildman–Crippen MR) is 89.5 cm³/mol. The number of nitrogens with zero attached hydrogens (tertiary/aromatic N) is 2. The van der Waals surface area contributed by atoms with Crippen molar-refractivity contribution >= 4 is 24.0 Å². The molecule has 0 spiro atoms. The van der Waals surface area contributed by atoms with E-state index in [0.29, 0.717) is 11.3 Å². The largest absolute Gasteiger partial charge is 0.458 e. The molecule has 0 saturated carbocycles. The Morgan fingerprint density at radius 1 is 1.19 bits per heavy atom. The number of imide groups is 1. The van der Waals surface area contributed by atoms with Gasteiger partial charge in [-0.1, -0.05) is 12.1 Å². The van der Waals surface area contributed by atoms with E-state index < -0.39 is 47.9 Å². The van der Waals surface area contributed by atoms with E-state index in [2.05, 4.69) is 4.99 Å². The van der Waals surface area contributed by atoms with Crippen LogP contribution in [-0.4, -0.2) is 52.7 Å². The molecule has 3 rings (SSSR count). The molecule has 1 aromatic carbocycles. The minimum Gasteiger partial charge on any atom is -0.458 e. The maximum Gasteiger partial charge on any atom is 0.337 e. The molecule has 27 heavy (non-hydrogen) atoms. The average Bonchev–Trinajstić information content (AvgIpc) is 3.00. The molecule has 144 valence electrons. The minimum atomic E-state index is -3.33. The molecule has 0 aliphatic carbocycles. The Balaban J connectivity index is 1.81. The van der Waals surface area contributed by atoms with E-state index in [-0.39, 0.29) is 11.1 Å². The number of hydroxylamine groups is 2. The molecule has 0 N–H and O–H groups in total. The van der Waals surface area contributed by atoms with Gasteiger partial charge >= 0.3 is 5.97 Å². The monoisotopic (exact) mass is 380 g/mol. The molecule has 1 aromatic rings. The molecule has 2 amide bonds. The van der Waals surface area contributed by atoms with E-state index in [1.807, 2.05) is 0 Å². The van der Waals surface area contributed by atoms with Gasteiger partial charge in [-0.15, -0.1) is 5.06 Å². The summed E-state index contributed by atoms with van der Waals surface area (Å²) in [5, 5.41) is 0.461. The van der Waals surface area contributed by atoms with Crippen LogP contribution < -0.4 is 0 Å². The number of halogens is 2. The number of carbonyl (C=O) groups is 3. The number of benzene rings is 1. The highest BCUT2D eigenvalue weighted by Crippen LogP contribution is 2.37. The summed E-state index contributed by atoms with van der Waals surface area (Å²) in [6.07, 6.45) is -0.610. The highest BCUT2D eigenvalue weighted by molar-refractivity contribution is 6.20. The van der Waals surface area contributed by atoms with Crippen LogP contribution in [0.1, 0.15) is 47.9 Å². The van der Waals surface area contributed by atoms with Crippen molar-refractivity contribution in [1.82, 2.24) is 5.06 Å². The zero-order chi connectivity index (χ0) is 20.0. The Morgan fingerprint density at radius 2 is 1.74 bits per heavy atom. The van der Waals surface area contributed by atoms with E-state index in [1.54, 1.807) is 32.9 Å². The number of amides is 2. The number of ether oxygens (including phenoxy) is 1. The molecular formula is C18H18F2N2O5. The van der Waals surface area contributed by atoms with Crippen LogP contribution in [0.4, 0.5) is 8.78 Å². The van der Waals surface area contributed by atoms with Crippen LogP contribution >= 0.6 is 0 Å². The molecule has 0 radical (unpaired) electrons. The van der Waals surface area contributed by atoms with Gasteiger partial charge in [0.1, 0.15) is 12.2 Å². The molecule has 7 nitrogen and oxygen atoms in total. The first-order valence-electron chi connectivity index (χ1n) is 8.23. The van der Waals surface area contributed by atoms with Crippen molar-refractivity contribution in [3.05, 3.63) is 35.4 Å². The summed E-state index contributed by atoms with van der Waals surface area (Å²) in [4.78, 5) is 46.0. The van der Waals surface area contributed by atoms with Gasteiger partial charge in [-0.2, -0.15) is 0 Å². The van der Waals surface area contributed by atoms with Crippen LogP contribution in [0.5, 0.6) is 0 Å². The van der Waals surface area contributed by atoms with Crippen molar-refractivity contribution in [1.29, 1.82) is 0 Å². The van der Waals surface area contributed by atoms with Gasteiger partial charge in [0.05, 0.1) is 23.8 Å². The quantitative estimate of drug-likeness (QED) is 0.592. The number of esters is 1. The highest BCUT2D eigenvalue weighted by Gasteiger charge is 2.54. The first-order chi connectivity index (χ1) is 12.4. The third-order valence-electron chi connectivity index (χ3n) is 4.00. The molecule has 2 heterocycles. The zero-order valence-corrected chi connectivity index (χ0v) is 15.0. The molecule has 0 bridgehead atoms. The van der Waals surface area contributed by atoms with Gasteiger partial charge in [0.15, 0.2) is 5.54 Å². The van der Waals surface area contributed by atoms with E-state index in [1.165, 1.54) is 12.1 Å². The first-order valence-corrected chi connectivity index (χ1v) is 8.23. The maximum atomic E-state index is 13.7. The Kier molecular flexibility index (Phi) is 4.38. The van der Waals surface area contributed by atoms with Crippen LogP contribution in [0.2, 0.25) is 0 Å². The predicted octanol–water partition coefficient (Wildman–Crippen LogP) is 2.40. The normalized spacial score (nSPS) is 23.7. The third-order valence-corrected chi connectivity index (χ3v) is 4.00. The number of rotatable bonds is 4. The average molecular weight is 380 g/mol. The fraction of sp³-hybridized carbons (Fsp3) is 0.444. The van der Waals surface area contributed by atoms with Crippen LogP contribution in [0.15, 0.2) is 29.3 Å². The lowest BCUT2D eigenvalue weighted by molar-refractivity contribution is -0.173. The number of hydrogen-bond acceptors (Lipinski definition) is 6. The lowest BCUT2D eigenvalue weighted by Crippen LogP contribution is -2.48. The summed E-state index contributed by atoms with van der Waals surface area (Å²) in [5.74, 6) is -5.81. The van der Waals surface area contributed by atoms with Crippen molar-refractivity contribution in [2.24, 2.45) is 4.99 Å². The fourth-order valence-corrected chi connectivity index (χ4v) is 2.80. The summed E-state index contributed by atoms with van der Waals surface area (Å²) < 4.78 is 32.7.